The molecule has 2 aromatic rings. The van der Waals surface area contributed by atoms with Crippen LogP contribution in [0.25, 0.3) is 0 Å². The standard InChI is InChI=1S/C17H19BrN4OS/c1-10(16(23)19-13-6-4-12(18)5-7-13)24-17-21-20-15(11-2-3-11)22(17)14-8-9-14/h4-7,10-11,14H,2-3,8-9H2,1H3,(H,19,23). The molecule has 1 aromatic carbocycles. The van der Waals surface area contributed by atoms with E-state index in [2.05, 4.69) is 36.0 Å². The van der Waals surface area contributed by atoms with Crippen LogP contribution in [0, 0.1) is 0 Å². The number of nitrogens with one attached hydrogen (secondary N) is 1. The molecule has 7 heteroatoms. The van der Waals surface area contributed by atoms with Crippen LogP contribution in [0.5, 0.6) is 0 Å². The van der Waals surface area contributed by atoms with Crippen LogP contribution >= 0.6 is 27.7 Å². The van der Waals surface area contributed by atoms with Gasteiger partial charge >= 0.3 is 0 Å². The molecule has 5 nitrogen and oxygen atoms in total. The maximum Gasteiger partial charge on any atom is 0.237 e. The fourth-order valence-electron chi connectivity index (χ4n) is 2.65. The molecule has 0 bridgehead atoms. The van der Waals surface area contributed by atoms with Gasteiger partial charge in [0.2, 0.25) is 5.91 Å². The molecule has 1 amide bonds. The van der Waals surface area contributed by atoms with Gasteiger partial charge in [0.15, 0.2) is 5.16 Å². The lowest BCUT2D eigenvalue weighted by Crippen LogP contribution is -2.23. The lowest BCUT2D eigenvalue weighted by molar-refractivity contribution is -0.115. The monoisotopic (exact) mass is 406 g/mol. The molecule has 0 saturated heterocycles. The van der Waals surface area contributed by atoms with Gasteiger partial charge in [0.1, 0.15) is 5.82 Å². The molecule has 1 atom stereocenters. The first-order valence-corrected chi connectivity index (χ1v) is 9.97. The van der Waals surface area contributed by atoms with Crippen molar-refractivity contribution in [1.82, 2.24) is 14.8 Å². The Hall–Kier alpha value is -1.34. The minimum atomic E-state index is -0.220. The van der Waals surface area contributed by atoms with Crippen molar-refractivity contribution in [2.24, 2.45) is 0 Å². The van der Waals surface area contributed by atoms with Gasteiger partial charge in [-0.15, -0.1) is 10.2 Å². The van der Waals surface area contributed by atoms with Crippen LogP contribution in [-0.4, -0.2) is 25.9 Å². The second kappa shape index (κ2) is 6.52. The number of hydrogen-bond donors (Lipinski definition) is 1. The summed E-state index contributed by atoms with van der Waals surface area (Å²) in [6.45, 7) is 1.92. The largest absolute Gasteiger partial charge is 0.325 e. The zero-order valence-corrected chi connectivity index (χ0v) is 15.8. The number of carbonyl (C=O) groups is 1. The molecule has 1 aromatic heterocycles. The maximum absolute atomic E-state index is 12.5. The number of rotatable bonds is 6. The van der Waals surface area contributed by atoms with Gasteiger partial charge in [0, 0.05) is 22.1 Å². The van der Waals surface area contributed by atoms with Gasteiger partial charge in [-0.25, -0.2) is 0 Å². The number of thioether (sulfide) groups is 1. The average molecular weight is 407 g/mol. The van der Waals surface area contributed by atoms with Crippen LogP contribution in [0.1, 0.15) is 50.4 Å². The van der Waals surface area contributed by atoms with Gasteiger partial charge in [-0.1, -0.05) is 27.7 Å². The van der Waals surface area contributed by atoms with E-state index in [4.69, 9.17) is 0 Å². The first-order valence-electron chi connectivity index (χ1n) is 8.29. The fourth-order valence-corrected chi connectivity index (χ4v) is 3.84. The number of carbonyl (C=O) groups excluding carboxylic acids is 1. The number of benzene rings is 1. The van der Waals surface area contributed by atoms with Gasteiger partial charge in [-0.3, -0.25) is 4.79 Å². The van der Waals surface area contributed by atoms with E-state index in [1.54, 1.807) is 0 Å². The quantitative estimate of drug-likeness (QED) is 0.723. The molecule has 0 radical (unpaired) electrons. The third-order valence-corrected chi connectivity index (χ3v) is 5.89. The van der Waals surface area contributed by atoms with Crippen molar-refractivity contribution in [2.45, 2.75) is 55.0 Å². The molecular weight excluding hydrogens is 388 g/mol. The van der Waals surface area contributed by atoms with Crippen LogP contribution in [0.2, 0.25) is 0 Å². The van der Waals surface area contributed by atoms with Crippen molar-refractivity contribution in [2.75, 3.05) is 5.32 Å². The zero-order chi connectivity index (χ0) is 16.7. The molecule has 4 rings (SSSR count). The predicted molar refractivity (Wildman–Crippen MR) is 98.4 cm³/mol. The summed E-state index contributed by atoms with van der Waals surface area (Å²) in [5.41, 5.74) is 0.804. The Kier molecular flexibility index (Phi) is 4.39. The van der Waals surface area contributed by atoms with E-state index < -0.39 is 0 Å². The Morgan fingerprint density at radius 3 is 2.58 bits per heavy atom. The highest BCUT2D eigenvalue weighted by Gasteiger charge is 2.37. The van der Waals surface area contributed by atoms with Crippen LogP contribution < -0.4 is 5.32 Å². The summed E-state index contributed by atoms with van der Waals surface area (Å²) in [5.74, 6) is 1.69. The normalized spacial score (nSPS) is 18.4. The summed E-state index contributed by atoms with van der Waals surface area (Å²) in [6.07, 6.45) is 4.83. The Labute approximate surface area is 153 Å². The molecule has 2 aliphatic carbocycles. The molecule has 1 heterocycles. The molecule has 1 unspecified atom stereocenters. The number of aromatic nitrogens is 3. The number of nitrogens with zero attached hydrogens (tertiary/aromatic N) is 3. The molecular formula is C17H19BrN4OS. The van der Waals surface area contributed by atoms with E-state index in [9.17, 15) is 4.79 Å². The van der Waals surface area contributed by atoms with Crippen LogP contribution in [-0.2, 0) is 4.79 Å². The lowest BCUT2D eigenvalue weighted by Gasteiger charge is -2.13. The van der Waals surface area contributed by atoms with Gasteiger partial charge < -0.3 is 9.88 Å². The van der Waals surface area contributed by atoms with Crippen molar-refractivity contribution in [1.29, 1.82) is 0 Å². The first kappa shape index (κ1) is 16.1. The summed E-state index contributed by atoms with van der Waals surface area (Å²) in [6, 6.07) is 8.15. The van der Waals surface area contributed by atoms with E-state index in [0.29, 0.717) is 12.0 Å². The third kappa shape index (κ3) is 3.52. The molecule has 2 fully saturated rings. The summed E-state index contributed by atoms with van der Waals surface area (Å²) < 4.78 is 3.28. The number of anilines is 1. The van der Waals surface area contributed by atoms with Crippen LogP contribution in [0.4, 0.5) is 5.69 Å². The first-order chi connectivity index (χ1) is 11.6. The molecule has 24 heavy (non-hydrogen) atoms. The molecule has 1 N–H and O–H groups in total. The maximum atomic E-state index is 12.5. The van der Waals surface area contributed by atoms with Gasteiger partial charge in [0.05, 0.1) is 5.25 Å². The number of hydrogen-bond acceptors (Lipinski definition) is 4. The minimum absolute atomic E-state index is 0.0133. The van der Waals surface area contributed by atoms with E-state index in [-0.39, 0.29) is 11.2 Å². The summed E-state index contributed by atoms with van der Waals surface area (Å²) in [7, 11) is 0. The topological polar surface area (TPSA) is 59.8 Å². The van der Waals surface area contributed by atoms with Gasteiger partial charge in [-0.2, -0.15) is 0 Å². The van der Waals surface area contributed by atoms with Gasteiger partial charge in [0.25, 0.3) is 0 Å². The predicted octanol–water partition coefficient (Wildman–Crippen LogP) is 4.37. The Morgan fingerprint density at radius 2 is 1.96 bits per heavy atom. The van der Waals surface area contributed by atoms with Crippen LogP contribution in [0.3, 0.4) is 0 Å². The Balaban J connectivity index is 1.44. The van der Waals surface area contributed by atoms with Gasteiger partial charge in [-0.05, 0) is 56.9 Å². The molecule has 0 aliphatic heterocycles. The van der Waals surface area contributed by atoms with E-state index >= 15 is 0 Å². The zero-order valence-electron chi connectivity index (χ0n) is 13.4. The minimum Gasteiger partial charge on any atom is -0.325 e. The fraction of sp³-hybridized carbons (Fsp3) is 0.471. The molecule has 0 spiro atoms. The third-order valence-electron chi connectivity index (χ3n) is 4.31. The van der Waals surface area contributed by atoms with Crippen molar-refractivity contribution in [3.8, 4) is 0 Å². The highest BCUT2D eigenvalue weighted by Crippen LogP contribution is 2.46. The van der Waals surface area contributed by atoms with E-state index in [1.165, 1.54) is 37.4 Å². The number of halogens is 1. The van der Waals surface area contributed by atoms with Crippen molar-refractivity contribution in [3.63, 3.8) is 0 Å². The number of amides is 1. The Morgan fingerprint density at radius 1 is 1.25 bits per heavy atom. The highest BCUT2D eigenvalue weighted by molar-refractivity contribution is 9.10. The van der Waals surface area contributed by atoms with E-state index in [1.807, 2.05) is 31.2 Å². The smallest absolute Gasteiger partial charge is 0.237 e. The van der Waals surface area contributed by atoms with Crippen molar-refractivity contribution >= 4 is 39.3 Å². The summed E-state index contributed by atoms with van der Waals surface area (Å²) >= 11 is 4.90. The SMILES string of the molecule is CC(Sc1nnc(C2CC2)n1C1CC1)C(=O)Nc1ccc(Br)cc1. The summed E-state index contributed by atoms with van der Waals surface area (Å²) in [4.78, 5) is 12.5. The molecule has 2 saturated carbocycles. The average Bonchev–Trinajstić information content (AvgIpc) is 3.49. The lowest BCUT2D eigenvalue weighted by atomic mass is 10.3. The summed E-state index contributed by atoms with van der Waals surface area (Å²) in [5, 5.41) is 12.4. The second-order valence-corrected chi connectivity index (χ2v) is 8.70. The molecule has 2 aliphatic rings. The van der Waals surface area contributed by atoms with Crippen molar-refractivity contribution < 1.29 is 4.79 Å². The van der Waals surface area contributed by atoms with Crippen molar-refractivity contribution in [3.05, 3.63) is 34.6 Å². The second-order valence-electron chi connectivity index (χ2n) is 6.47. The highest BCUT2D eigenvalue weighted by atomic mass is 79.9. The Bertz CT molecular complexity index is 752. The molecule has 126 valence electrons. The van der Waals surface area contributed by atoms with Crippen LogP contribution in [0.15, 0.2) is 33.9 Å². The van der Waals surface area contributed by atoms with E-state index in [0.717, 1.165) is 21.1 Å².